The molecular weight excluding hydrogens is 488 g/mol. The summed E-state index contributed by atoms with van der Waals surface area (Å²) in [5.74, 6) is -1.08. The number of rotatable bonds is 8. The lowest BCUT2D eigenvalue weighted by molar-refractivity contribution is -0.135. The first-order valence-electron chi connectivity index (χ1n) is 11.2. The third kappa shape index (κ3) is 6.40. The van der Waals surface area contributed by atoms with E-state index < -0.39 is 28.3 Å². The van der Waals surface area contributed by atoms with Crippen LogP contribution < -0.4 is 4.72 Å². The Bertz CT molecular complexity index is 1270. The molecule has 10 heteroatoms. The molecule has 1 fully saturated rings. The number of phenolic OH excluding ortho intramolecular Hbond substituents is 1. The predicted octanol–water partition coefficient (Wildman–Crippen LogP) is 3.89. The molecule has 1 aromatic heterocycles. The molecule has 0 bridgehead atoms. The Morgan fingerprint density at radius 1 is 1.06 bits per heavy atom. The van der Waals surface area contributed by atoms with Crippen molar-refractivity contribution in [2.45, 2.75) is 23.5 Å². The predicted molar refractivity (Wildman–Crippen MR) is 133 cm³/mol. The molecule has 2 heterocycles. The highest BCUT2D eigenvalue weighted by atomic mass is 32.2. The van der Waals surface area contributed by atoms with Crippen LogP contribution in [0.1, 0.15) is 28.8 Å². The minimum Gasteiger partial charge on any atom is -0.507 e. The second-order valence-electron chi connectivity index (χ2n) is 8.36. The number of hydrogen-bond donors (Lipinski definition) is 2. The fourth-order valence-corrected chi connectivity index (χ4v) is 6.06. The number of aromatic hydroxyl groups is 1. The molecule has 184 valence electrons. The lowest BCUT2D eigenvalue weighted by Crippen LogP contribution is -2.41. The molecule has 0 saturated carbocycles. The Morgan fingerprint density at radius 2 is 1.80 bits per heavy atom. The number of nitrogens with zero attached hydrogens (tertiary/aromatic N) is 1. The van der Waals surface area contributed by atoms with Crippen LogP contribution in [-0.2, 0) is 26.0 Å². The van der Waals surface area contributed by atoms with E-state index in [0.29, 0.717) is 19.0 Å². The molecular formula is C25H26N2O6S2. The third-order valence-electron chi connectivity index (χ3n) is 5.89. The average molecular weight is 515 g/mol. The number of anilines is 1. The van der Waals surface area contributed by atoms with Gasteiger partial charge in [0, 0.05) is 19.2 Å². The van der Waals surface area contributed by atoms with Crippen LogP contribution in [0.15, 0.2) is 70.3 Å². The number of ether oxygens (including phenoxy) is 1. The fourth-order valence-electron chi connectivity index (χ4n) is 4.02. The van der Waals surface area contributed by atoms with Crippen LogP contribution in [0.4, 0.5) is 5.69 Å². The standard InChI is InChI=1S/C25H26N2O6S2/c28-22-16-20(26-35(31,32)24-7-4-14-34-24)8-9-21(22)25(30)33-17-23(29)27-12-10-19(11-13-27)15-18-5-2-1-3-6-18/h1-9,14,16,19,26,28H,10-13,15,17H2. The van der Waals surface area contributed by atoms with Crippen LogP contribution in [0, 0.1) is 5.92 Å². The summed E-state index contributed by atoms with van der Waals surface area (Å²) in [4.78, 5) is 26.6. The molecule has 0 atom stereocenters. The van der Waals surface area contributed by atoms with E-state index in [4.69, 9.17) is 4.74 Å². The van der Waals surface area contributed by atoms with Gasteiger partial charge in [-0.05, 0) is 54.3 Å². The van der Waals surface area contributed by atoms with Crippen LogP contribution in [0.25, 0.3) is 0 Å². The topological polar surface area (TPSA) is 113 Å². The highest BCUT2D eigenvalue weighted by molar-refractivity contribution is 7.94. The van der Waals surface area contributed by atoms with Crippen molar-refractivity contribution in [3.63, 3.8) is 0 Å². The first kappa shape index (κ1) is 24.7. The molecule has 0 unspecified atom stereocenters. The zero-order chi connectivity index (χ0) is 24.8. The van der Waals surface area contributed by atoms with Gasteiger partial charge in [0.05, 0.1) is 5.69 Å². The van der Waals surface area contributed by atoms with Gasteiger partial charge in [0.2, 0.25) is 0 Å². The van der Waals surface area contributed by atoms with Crippen molar-refractivity contribution in [2.24, 2.45) is 5.92 Å². The summed E-state index contributed by atoms with van der Waals surface area (Å²) in [6, 6.07) is 17.1. The van der Waals surface area contributed by atoms with Gasteiger partial charge in [0.15, 0.2) is 6.61 Å². The van der Waals surface area contributed by atoms with Crippen molar-refractivity contribution in [1.82, 2.24) is 4.90 Å². The molecule has 0 aliphatic carbocycles. The van der Waals surface area contributed by atoms with Crippen molar-refractivity contribution in [3.05, 3.63) is 77.2 Å². The summed E-state index contributed by atoms with van der Waals surface area (Å²) >= 11 is 1.06. The van der Waals surface area contributed by atoms with Crippen LogP contribution in [-0.4, -0.2) is 50.0 Å². The maximum atomic E-state index is 12.5. The first-order chi connectivity index (χ1) is 16.8. The van der Waals surface area contributed by atoms with Crippen LogP contribution in [0.3, 0.4) is 0 Å². The molecule has 8 nitrogen and oxygen atoms in total. The fraction of sp³-hybridized carbons (Fsp3) is 0.280. The molecule has 35 heavy (non-hydrogen) atoms. The van der Waals surface area contributed by atoms with Gasteiger partial charge in [-0.2, -0.15) is 0 Å². The maximum Gasteiger partial charge on any atom is 0.342 e. The van der Waals surface area contributed by atoms with Crippen molar-refractivity contribution < 1.29 is 27.9 Å². The van der Waals surface area contributed by atoms with E-state index in [9.17, 15) is 23.1 Å². The van der Waals surface area contributed by atoms with E-state index in [1.54, 1.807) is 16.3 Å². The Balaban J connectivity index is 1.26. The number of likely N-dealkylation sites (tertiary alicyclic amines) is 1. The smallest absolute Gasteiger partial charge is 0.342 e. The van der Waals surface area contributed by atoms with E-state index in [1.165, 1.54) is 23.8 Å². The lowest BCUT2D eigenvalue weighted by Gasteiger charge is -2.32. The van der Waals surface area contributed by atoms with Gasteiger partial charge < -0.3 is 14.7 Å². The van der Waals surface area contributed by atoms with Gasteiger partial charge in [-0.25, -0.2) is 13.2 Å². The van der Waals surface area contributed by atoms with Gasteiger partial charge >= 0.3 is 5.97 Å². The second-order valence-corrected chi connectivity index (χ2v) is 11.2. The number of benzene rings is 2. The van der Waals surface area contributed by atoms with Crippen LogP contribution in [0.5, 0.6) is 5.75 Å². The van der Waals surface area contributed by atoms with Gasteiger partial charge in [-0.15, -0.1) is 11.3 Å². The quantitative estimate of drug-likeness (QED) is 0.441. The Labute approximate surface area is 208 Å². The molecule has 0 spiro atoms. The number of thiophene rings is 1. The molecule has 0 radical (unpaired) electrons. The summed E-state index contributed by atoms with van der Waals surface area (Å²) < 4.78 is 32.2. The zero-order valence-electron chi connectivity index (χ0n) is 18.9. The second kappa shape index (κ2) is 10.9. The number of amides is 1. The largest absolute Gasteiger partial charge is 0.507 e. The number of carbonyl (C=O) groups excluding carboxylic acids is 2. The first-order valence-corrected chi connectivity index (χ1v) is 13.6. The normalized spacial score (nSPS) is 14.5. The van der Waals surface area contributed by atoms with E-state index in [-0.39, 0.29) is 21.4 Å². The Kier molecular flexibility index (Phi) is 7.72. The van der Waals surface area contributed by atoms with Crippen molar-refractivity contribution in [1.29, 1.82) is 0 Å². The summed E-state index contributed by atoms with van der Waals surface area (Å²) in [6.07, 6.45) is 2.76. The molecule has 2 aromatic carbocycles. The maximum absolute atomic E-state index is 12.5. The SMILES string of the molecule is O=C(OCC(=O)N1CCC(Cc2ccccc2)CC1)c1ccc(NS(=O)(=O)c2cccs2)cc1O. The molecule has 1 amide bonds. The Hall–Kier alpha value is -3.37. The highest BCUT2D eigenvalue weighted by Gasteiger charge is 2.24. The molecule has 3 aromatic rings. The van der Waals surface area contributed by atoms with Gasteiger partial charge in [0.25, 0.3) is 15.9 Å². The number of phenols is 1. The van der Waals surface area contributed by atoms with E-state index in [2.05, 4.69) is 16.9 Å². The minimum atomic E-state index is -3.78. The number of carbonyl (C=O) groups is 2. The number of esters is 1. The van der Waals surface area contributed by atoms with E-state index >= 15 is 0 Å². The number of hydrogen-bond acceptors (Lipinski definition) is 7. The molecule has 4 rings (SSSR count). The summed E-state index contributed by atoms with van der Waals surface area (Å²) in [5.41, 5.74) is 1.23. The monoisotopic (exact) mass is 514 g/mol. The molecule has 2 N–H and O–H groups in total. The van der Waals surface area contributed by atoms with Gasteiger partial charge in [0.1, 0.15) is 15.5 Å². The van der Waals surface area contributed by atoms with Gasteiger partial charge in [-0.1, -0.05) is 36.4 Å². The van der Waals surface area contributed by atoms with Crippen LogP contribution in [0.2, 0.25) is 0 Å². The number of piperidine rings is 1. The van der Waals surface area contributed by atoms with E-state index in [1.807, 2.05) is 18.2 Å². The summed E-state index contributed by atoms with van der Waals surface area (Å²) in [5, 5.41) is 11.9. The van der Waals surface area contributed by atoms with Crippen molar-refractivity contribution in [2.75, 3.05) is 24.4 Å². The lowest BCUT2D eigenvalue weighted by atomic mass is 9.90. The average Bonchev–Trinajstić information content (AvgIpc) is 3.40. The highest BCUT2D eigenvalue weighted by Crippen LogP contribution is 2.26. The number of sulfonamides is 1. The summed E-state index contributed by atoms with van der Waals surface area (Å²) in [7, 11) is -3.78. The zero-order valence-corrected chi connectivity index (χ0v) is 20.6. The minimum absolute atomic E-state index is 0.0990. The Morgan fingerprint density at radius 3 is 2.46 bits per heavy atom. The third-order valence-corrected chi connectivity index (χ3v) is 8.67. The molecule has 1 aliphatic rings. The van der Waals surface area contributed by atoms with Crippen molar-refractivity contribution in [3.8, 4) is 5.75 Å². The molecule has 1 aliphatic heterocycles. The summed E-state index contributed by atoms with van der Waals surface area (Å²) in [6.45, 7) is 0.796. The van der Waals surface area contributed by atoms with Crippen molar-refractivity contribution >= 4 is 38.9 Å². The van der Waals surface area contributed by atoms with Crippen LogP contribution >= 0.6 is 11.3 Å². The number of nitrogens with one attached hydrogen (secondary N) is 1. The van der Waals surface area contributed by atoms with Gasteiger partial charge in [-0.3, -0.25) is 9.52 Å². The van der Waals surface area contributed by atoms with E-state index in [0.717, 1.165) is 36.7 Å². The molecule has 1 saturated heterocycles.